The van der Waals surface area contributed by atoms with Crippen molar-refractivity contribution in [3.8, 4) is 17.3 Å². The van der Waals surface area contributed by atoms with Gasteiger partial charge in [0.05, 0.1) is 7.11 Å². The molecule has 3 aromatic rings. The number of hydrogen-bond acceptors (Lipinski definition) is 3. The van der Waals surface area contributed by atoms with Crippen LogP contribution in [0.25, 0.3) is 22.2 Å². The lowest BCUT2D eigenvalue weighted by Gasteiger charge is -2.13. The molecule has 0 saturated carbocycles. The summed E-state index contributed by atoms with van der Waals surface area (Å²) in [5.41, 5.74) is -1.18. The summed E-state index contributed by atoms with van der Waals surface area (Å²) < 4.78 is 57.2. The van der Waals surface area contributed by atoms with Gasteiger partial charge in [0, 0.05) is 5.56 Å². The molecule has 0 atom stereocenters. The maximum atomic E-state index is 13.9. The summed E-state index contributed by atoms with van der Waals surface area (Å²) in [7, 11) is 1.00. The molecule has 23 heavy (non-hydrogen) atoms. The average molecular weight is 322 g/mol. The minimum atomic E-state index is -4.94. The second-order valence-corrected chi connectivity index (χ2v) is 4.75. The maximum absolute atomic E-state index is 13.9. The summed E-state index contributed by atoms with van der Waals surface area (Å²) in [5.74, 6) is -2.66. The number of fused-ring (bicyclic) bond motifs is 1. The van der Waals surface area contributed by atoms with Crippen LogP contribution in [0.5, 0.6) is 5.88 Å². The molecule has 118 valence electrons. The van der Waals surface area contributed by atoms with Gasteiger partial charge in [-0.05, 0) is 10.8 Å². The van der Waals surface area contributed by atoms with Gasteiger partial charge in [0.15, 0.2) is 11.4 Å². The third kappa shape index (κ3) is 2.69. The molecule has 0 fully saturated rings. The van der Waals surface area contributed by atoms with E-state index in [1.165, 1.54) is 0 Å². The molecule has 0 spiro atoms. The molecule has 0 radical (unpaired) electrons. The van der Waals surface area contributed by atoms with E-state index < -0.39 is 23.6 Å². The van der Waals surface area contributed by atoms with Gasteiger partial charge in [0.2, 0.25) is 11.8 Å². The van der Waals surface area contributed by atoms with Crippen LogP contribution in [0.2, 0.25) is 0 Å². The zero-order chi connectivity index (χ0) is 16.6. The Balaban J connectivity index is 2.27. The third-order valence-corrected chi connectivity index (χ3v) is 3.34. The molecule has 0 N–H and O–H groups in total. The first-order chi connectivity index (χ1) is 10.9. The summed E-state index contributed by atoms with van der Waals surface area (Å²) in [6, 6.07) is 12.3. The number of hydrogen-bond donors (Lipinski definition) is 0. The zero-order valence-electron chi connectivity index (χ0n) is 11.9. The molecule has 1 heterocycles. The van der Waals surface area contributed by atoms with Gasteiger partial charge < -0.3 is 4.74 Å². The van der Waals surface area contributed by atoms with Crippen molar-refractivity contribution in [1.29, 1.82) is 0 Å². The second-order valence-electron chi connectivity index (χ2n) is 4.75. The van der Waals surface area contributed by atoms with Gasteiger partial charge >= 0.3 is 6.18 Å². The lowest BCUT2D eigenvalue weighted by atomic mass is 10.0. The van der Waals surface area contributed by atoms with Crippen LogP contribution in [0.1, 0.15) is 5.56 Å². The number of halogens is 4. The maximum Gasteiger partial charge on any atom is 0.426 e. The van der Waals surface area contributed by atoms with Crippen molar-refractivity contribution in [3.05, 3.63) is 54.0 Å². The van der Waals surface area contributed by atoms with E-state index >= 15 is 0 Å². The molecular formula is C16H10F4N2O. The lowest BCUT2D eigenvalue weighted by Crippen LogP contribution is -2.14. The van der Waals surface area contributed by atoms with Crippen molar-refractivity contribution in [2.24, 2.45) is 0 Å². The van der Waals surface area contributed by atoms with Crippen LogP contribution in [0.4, 0.5) is 17.6 Å². The van der Waals surface area contributed by atoms with Gasteiger partial charge in [-0.15, -0.1) is 0 Å². The second kappa shape index (κ2) is 5.49. The fourth-order valence-corrected chi connectivity index (χ4v) is 2.34. The molecule has 2 aromatic carbocycles. The molecule has 0 aliphatic heterocycles. The smallest absolute Gasteiger partial charge is 0.426 e. The SMILES string of the molecule is COc1nc(-c2cccc3ccccc23)nc(F)c1C(F)(F)F. The van der Waals surface area contributed by atoms with E-state index in [1.54, 1.807) is 24.3 Å². The summed E-state index contributed by atoms with van der Waals surface area (Å²) in [6.45, 7) is 0. The van der Waals surface area contributed by atoms with Crippen molar-refractivity contribution in [1.82, 2.24) is 9.97 Å². The van der Waals surface area contributed by atoms with Gasteiger partial charge in [0.25, 0.3) is 0 Å². The summed E-state index contributed by atoms with van der Waals surface area (Å²) >= 11 is 0. The van der Waals surface area contributed by atoms with Crippen molar-refractivity contribution in [3.63, 3.8) is 0 Å². The monoisotopic (exact) mass is 322 g/mol. The Kier molecular flexibility index (Phi) is 3.63. The Morgan fingerprint density at radius 3 is 2.35 bits per heavy atom. The Labute approximate surface area is 128 Å². The van der Waals surface area contributed by atoms with E-state index in [0.29, 0.717) is 10.9 Å². The molecule has 0 saturated heterocycles. The predicted octanol–water partition coefficient (Wildman–Crippen LogP) is 4.46. The van der Waals surface area contributed by atoms with Crippen LogP contribution >= 0.6 is 0 Å². The number of alkyl halides is 3. The Hall–Kier alpha value is -2.70. The van der Waals surface area contributed by atoms with Crippen molar-refractivity contribution in [2.45, 2.75) is 6.18 Å². The topological polar surface area (TPSA) is 35.0 Å². The molecule has 7 heteroatoms. The van der Waals surface area contributed by atoms with E-state index in [0.717, 1.165) is 12.5 Å². The van der Waals surface area contributed by atoms with Crippen LogP contribution in [-0.4, -0.2) is 17.1 Å². The first-order valence-electron chi connectivity index (χ1n) is 6.58. The molecular weight excluding hydrogens is 312 g/mol. The van der Waals surface area contributed by atoms with Crippen molar-refractivity contribution < 1.29 is 22.3 Å². The van der Waals surface area contributed by atoms with E-state index in [4.69, 9.17) is 0 Å². The van der Waals surface area contributed by atoms with Gasteiger partial charge in [-0.3, -0.25) is 0 Å². The third-order valence-electron chi connectivity index (χ3n) is 3.34. The highest BCUT2D eigenvalue weighted by atomic mass is 19.4. The van der Waals surface area contributed by atoms with Crippen LogP contribution in [0, 0.1) is 5.95 Å². The quantitative estimate of drug-likeness (QED) is 0.516. The van der Waals surface area contributed by atoms with Crippen molar-refractivity contribution >= 4 is 10.8 Å². The van der Waals surface area contributed by atoms with Crippen LogP contribution in [-0.2, 0) is 6.18 Å². The molecule has 0 unspecified atom stereocenters. The van der Waals surface area contributed by atoms with E-state index in [9.17, 15) is 17.6 Å². The molecule has 0 amide bonds. The van der Waals surface area contributed by atoms with Gasteiger partial charge in [-0.25, -0.2) is 0 Å². The average Bonchev–Trinajstić information content (AvgIpc) is 2.52. The van der Waals surface area contributed by atoms with Crippen LogP contribution in [0.3, 0.4) is 0 Å². The molecule has 0 bridgehead atoms. The fraction of sp³-hybridized carbons (Fsp3) is 0.125. The summed E-state index contributed by atoms with van der Waals surface area (Å²) in [4.78, 5) is 7.14. The van der Waals surface area contributed by atoms with Gasteiger partial charge in [-0.2, -0.15) is 27.5 Å². The standard InChI is InChI=1S/C16H10F4N2O/c1-23-15-12(16(18,19)20)13(17)21-14(22-15)11-8-4-6-9-5-2-3-7-10(9)11/h2-8H,1H3. The number of rotatable bonds is 2. The molecule has 3 rings (SSSR count). The number of methoxy groups -OCH3 is 1. The van der Waals surface area contributed by atoms with Gasteiger partial charge in [-0.1, -0.05) is 42.5 Å². The minimum Gasteiger partial charge on any atom is -0.480 e. The predicted molar refractivity (Wildman–Crippen MR) is 76.5 cm³/mol. The highest BCUT2D eigenvalue weighted by Gasteiger charge is 2.40. The van der Waals surface area contributed by atoms with Crippen molar-refractivity contribution in [2.75, 3.05) is 7.11 Å². The van der Waals surface area contributed by atoms with Gasteiger partial charge in [0.1, 0.15) is 0 Å². The molecule has 3 nitrogen and oxygen atoms in total. The molecule has 0 aliphatic rings. The van der Waals surface area contributed by atoms with E-state index in [2.05, 4.69) is 14.7 Å². The summed E-state index contributed by atoms with van der Waals surface area (Å²) in [5, 5.41) is 1.55. The van der Waals surface area contributed by atoms with Crippen LogP contribution < -0.4 is 4.74 Å². The zero-order valence-corrected chi connectivity index (χ0v) is 11.9. The normalized spacial score (nSPS) is 11.7. The van der Waals surface area contributed by atoms with E-state index in [-0.39, 0.29) is 5.82 Å². The van der Waals surface area contributed by atoms with Crippen LogP contribution in [0.15, 0.2) is 42.5 Å². The first kappa shape index (κ1) is 15.2. The minimum absolute atomic E-state index is 0.163. The van der Waals surface area contributed by atoms with E-state index in [1.807, 2.05) is 18.2 Å². The molecule has 0 aliphatic carbocycles. The highest BCUT2D eigenvalue weighted by molar-refractivity contribution is 5.95. The Morgan fingerprint density at radius 1 is 0.957 bits per heavy atom. The Bertz CT molecular complexity index is 872. The summed E-state index contributed by atoms with van der Waals surface area (Å²) in [6.07, 6.45) is -4.94. The number of nitrogens with zero attached hydrogens (tertiary/aromatic N) is 2. The largest absolute Gasteiger partial charge is 0.480 e. The number of benzene rings is 2. The Morgan fingerprint density at radius 2 is 1.65 bits per heavy atom. The highest BCUT2D eigenvalue weighted by Crippen LogP contribution is 2.38. The first-order valence-corrected chi connectivity index (χ1v) is 6.58. The number of ether oxygens (including phenoxy) is 1. The molecule has 1 aromatic heterocycles. The fourth-order valence-electron chi connectivity index (χ4n) is 2.34. The lowest BCUT2D eigenvalue weighted by molar-refractivity contribution is -0.142. The number of aromatic nitrogens is 2.